The number of benzene rings is 1. The molecule has 0 aliphatic heterocycles. The summed E-state index contributed by atoms with van der Waals surface area (Å²) in [6.45, 7) is 4.36. The Morgan fingerprint density at radius 3 is 2.36 bits per heavy atom. The van der Waals surface area contributed by atoms with Gasteiger partial charge in [0.25, 0.3) is 0 Å². The molecule has 0 bridgehead atoms. The Balaban J connectivity index is 0.000001000. The summed E-state index contributed by atoms with van der Waals surface area (Å²) in [5.74, 6) is 0. The Morgan fingerprint density at radius 1 is 1.27 bits per heavy atom. The summed E-state index contributed by atoms with van der Waals surface area (Å²) in [4.78, 5) is 0. The fraction of sp³-hybridized carbons (Fsp3) is 0.333. The third-order valence-corrected chi connectivity index (χ3v) is 2.52. The van der Waals surface area contributed by atoms with Gasteiger partial charge in [-0.25, -0.2) is 0 Å². The second kappa shape index (κ2) is 5.02. The summed E-state index contributed by atoms with van der Waals surface area (Å²) in [7, 11) is 0. The maximum atomic E-state index is 2.20. The van der Waals surface area contributed by atoms with Gasteiger partial charge in [-0.3, -0.25) is 0 Å². The number of halogens is 1. The van der Waals surface area contributed by atoms with Gasteiger partial charge in [0.05, 0.1) is 0 Å². The van der Waals surface area contributed by atoms with Crippen molar-refractivity contribution in [3.8, 4) is 0 Å². The first-order valence-corrected chi connectivity index (χ1v) is 4.60. The van der Waals surface area contributed by atoms with Crippen LogP contribution in [-0.2, 0) is 4.55 Å². The van der Waals surface area contributed by atoms with Crippen molar-refractivity contribution in [1.82, 2.24) is 0 Å². The summed E-state index contributed by atoms with van der Waals surface area (Å²) < 4.78 is 1.17. The van der Waals surface area contributed by atoms with E-state index in [2.05, 4.69) is 32.0 Å². The average Bonchev–Trinajstić information content (AvgIpc) is 1.95. The van der Waals surface area contributed by atoms with Gasteiger partial charge in [-0.2, -0.15) is 0 Å². The first-order chi connectivity index (χ1) is 4.75. The molecule has 11 heavy (non-hydrogen) atoms. The van der Waals surface area contributed by atoms with Crippen LogP contribution >= 0.6 is 0 Å². The van der Waals surface area contributed by atoms with Gasteiger partial charge in [-0.1, -0.05) is 0 Å². The van der Waals surface area contributed by atoms with E-state index in [0.29, 0.717) is 0 Å². The van der Waals surface area contributed by atoms with Gasteiger partial charge in [0.1, 0.15) is 0 Å². The normalized spacial score (nSPS) is 9.09. The Morgan fingerprint density at radius 2 is 1.91 bits per heavy atom. The summed E-state index contributed by atoms with van der Waals surface area (Å²) >= 11 is 2.01. The van der Waals surface area contributed by atoms with Crippen LogP contribution in [0.5, 0.6) is 0 Å². The Hall–Kier alpha value is 0.276. The van der Waals surface area contributed by atoms with Crippen molar-refractivity contribution in [2.75, 3.05) is 0 Å². The van der Waals surface area contributed by atoms with Crippen LogP contribution in [0.15, 0.2) is 18.2 Å². The molecule has 0 radical (unpaired) electrons. The van der Waals surface area contributed by atoms with Gasteiger partial charge in [0.15, 0.2) is 0 Å². The van der Waals surface area contributed by atoms with Gasteiger partial charge in [-0.15, -0.1) is 0 Å². The molecule has 0 aromatic heterocycles. The van der Waals surface area contributed by atoms with Crippen LogP contribution in [0, 0.1) is 13.8 Å². The molecule has 0 aliphatic carbocycles. The molecule has 1 aromatic rings. The zero-order chi connectivity index (χ0) is 7.56. The zero-order valence-electron chi connectivity index (χ0n) is 7.02. The molecule has 56 valence electrons. The fourth-order valence-corrected chi connectivity index (χ4v) is 1.62. The quantitative estimate of drug-likeness (QED) is 0.484. The molecule has 0 N–H and O–H groups in total. The first-order valence-electron chi connectivity index (χ1n) is 3.60. The smallest absolute Gasteiger partial charge is 1.00 e. The maximum absolute atomic E-state index is 2.20. The van der Waals surface area contributed by atoms with Crippen LogP contribution in [0.2, 0.25) is 0 Å². The first kappa shape index (κ1) is 11.3. The van der Waals surface area contributed by atoms with Gasteiger partial charge in [0.2, 0.25) is 0 Å². The van der Waals surface area contributed by atoms with Crippen molar-refractivity contribution in [1.29, 1.82) is 0 Å². The van der Waals surface area contributed by atoms with Crippen molar-refractivity contribution in [2.45, 2.75) is 18.4 Å². The van der Waals surface area contributed by atoms with Crippen LogP contribution in [-0.4, -0.2) is 21.7 Å². The van der Waals surface area contributed by atoms with E-state index in [1.807, 2.05) is 21.7 Å². The van der Waals surface area contributed by atoms with Crippen LogP contribution in [0.3, 0.4) is 0 Å². The summed E-state index contributed by atoms with van der Waals surface area (Å²) in [5.41, 5.74) is 4.35. The van der Waals surface area contributed by atoms with Crippen LogP contribution in [0.4, 0.5) is 0 Å². The van der Waals surface area contributed by atoms with E-state index < -0.39 is 0 Å². The predicted molar refractivity (Wildman–Crippen MR) is 45.4 cm³/mol. The molecule has 0 heterocycles. The van der Waals surface area contributed by atoms with Gasteiger partial charge < -0.3 is 12.4 Å². The van der Waals surface area contributed by atoms with Crippen molar-refractivity contribution in [2.24, 2.45) is 0 Å². The van der Waals surface area contributed by atoms with Crippen molar-refractivity contribution >= 4 is 21.7 Å². The summed E-state index contributed by atoms with van der Waals surface area (Å²) in [5, 5.41) is 0. The van der Waals surface area contributed by atoms with E-state index in [1.54, 1.807) is 0 Å². The predicted octanol–water partition coefficient (Wildman–Crippen LogP) is -1.02. The second-order valence-electron chi connectivity index (χ2n) is 2.61. The van der Waals surface area contributed by atoms with Crippen LogP contribution < -0.4 is 12.4 Å². The molecule has 0 saturated carbocycles. The number of hydrogen-bond acceptors (Lipinski definition) is 0. The van der Waals surface area contributed by atoms with E-state index in [9.17, 15) is 0 Å². The van der Waals surface area contributed by atoms with Gasteiger partial charge >= 0.3 is 75.0 Å². The number of hydrogen-bond donors (Lipinski definition) is 0. The van der Waals surface area contributed by atoms with E-state index in [4.69, 9.17) is 0 Å². The summed E-state index contributed by atoms with van der Waals surface area (Å²) in [6, 6.07) is 6.50. The Kier molecular flexibility index (Phi) is 5.14. The molecule has 1 aromatic carbocycles. The molecule has 0 nitrogen and oxygen atoms in total. The minimum Gasteiger partial charge on any atom is -1.00 e. The zero-order valence-corrected chi connectivity index (χ0v) is 9.19. The average molecular weight is 179 g/mol. The fourth-order valence-electron chi connectivity index (χ4n) is 1.08. The van der Waals surface area contributed by atoms with Crippen molar-refractivity contribution in [3.63, 3.8) is 0 Å². The van der Waals surface area contributed by atoms with E-state index >= 15 is 0 Å². The molecular weight excluding hydrogens is 168 g/mol. The molecule has 0 unspecified atom stereocenters. The topological polar surface area (TPSA) is 0 Å². The Bertz CT molecular complexity index is 233. The van der Waals surface area contributed by atoms with Crippen LogP contribution in [0.1, 0.15) is 16.7 Å². The molecule has 0 spiro atoms. The molecule has 0 atom stereocenters. The third kappa shape index (κ3) is 2.66. The molecule has 0 aliphatic rings. The maximum Gasteiger partial charge on any atom is -1.00 e. The molecule has 0 fully saturated rings. The van der Waals surface area contributed by atoms with E-state index in [0.717, 1.165) is 0 Å². The van der Waals surface area contributed by atoms with Gasteiger partial charge in [0, 0.05) is 0 Å². The molecular formula is C9H11ClMg. The minimum atomic E-state index is 0. The van der Waals surface area contributed by atoms with E-state index in [-0.39, 0.29) is 12.4 Å². The molecule has 1 rings (SSSR count). The number of aryl methyl sites for hydroxylation is 1. The minimum absolute atomic E-state index is 0. The molecule has 2 heteroatoms. The monoisotopic (exact) mass is 178 g/mol. The molecule has 0 amide bonds. The van der Waals surface area contributed by atoms with Gasteiger partial charge in [-0.05, 0) is 0 Å². The Labute approximate surface area is 87.2 Å². The largest absolute Gasteiger partial charge is 1.00 e. The third-order valence-electron chi connectivity index (χ3n) is 1.99. The summed E-state index contributed by atoms with van der Waals surface area (Å²) in [6.07, 6.45) is 0. The van der Waals surface area contributed by atoms with Crippen LogP contribution in [0.25, 0.3) is 0 Å². The molecule has 0 saturated heterocycles. The number of rotatable bonds is 1. The van der Waals surface area contributed by atoms with E-state index in [1.165, 1.54) is 21.2 Å². The van der Waals surface area contributed by atoms with Crippen molar-refractivity contribution < 1.29 is 12.4 Å². The van der Waals surface area contributed by atoms with Crippen molar-refractivity contribution in [3.05, 3.63) is 34.9 Å². The SMILES string of the molecule is Cc1cccc([CH2][Mg+])c1C.[Cl-]. The second-order valence-corrected chi connectivity index (χ2v) is 3.11. The standard InChI is InChI=1S/C9H11.ClH.Mg/c1-7-5-4-6-8(2)9(7)3;;/h4-6H,1H2,2-3H3;1H;/q;;+1/p-1.